The molecule has 0 amide bonds. The van der Waals surface area contributed by atoms with E-state index in [0.717, 1.165) is 0 Å². The number of pyridine rings is 1. The summed E-state index contributed by atoms with van der Waals surface area (Å²) in [4.78, 5) is 4.03. The maximum absolute atomic E-state index is 11.8. The van der Waals surface area contributed by atoms with Gasteiger partial charge in [-0.3, -0.25) is 9.71 Å². The smallest absolute Gasteiger partial charge is 0.234 e. The first-order valence-corrected chi connectivity index (χ1v) is 7.21. The summed E-state index contributed by atoms with van der Waals surface area (Å²) < 4.78 is 26.0. The predicted octanol–water partition coefficient (Wildman–Crippen LogP) is 1.13. The number of hydrogen-bond acceptors (Lipinski definition) is 4. The molecule has 0 bridgehead atoms. The van der Waals surface area contributed by atoms with Crippen LogP contribution in [0.15, 0.2) is 18.3 Å². The zero-order valence-corrected chi connectivity index (χ0v) is 11.2. The molecule has 1 heterocycles. The summed E-state index contributed by atoms with van der Waals surface area (Å²) in [6.45, 7) is 6.16. The van der Waals surface area contributed by atoms with E-state index in [9.17, 15) is 8.42 Å². The largest absolute Gasteiger partial charge is 0.313 e. The fourth-order valence-electron chi connectivity index (χ4n) is 1.29. The Kier molecular flexibility index (Phi) is 4.89. The van der Waals surface area contributed by atoms with Crippen LogP contribution >= 0.6 is 0 Å². The molecular weight excluding hydrogens is 238 g/mol. The molecule has 0 radical (unpaired) electrons. The second-order valence-electron chi connectivity index (χ2n) is 4.17. The number of rotatable bonds is 6. The Hall–Kier alpha value is -1.14. The number of nitrogens with one attached hydrogen (secondary N) is 2. The summed E-state index contributed by atoms with van der Waals surface area (Å²) in [7, 11) is -3.31. The first-order chi connectivity index (χ1) is 7.91. The molecule has 17 heavy (non-hydrogen) atoms. The van der Waals surface area contributed by atoms with Gasteiger partial charge in [-0.1, -0.05) is 13.8 Å². The van der Waals surface area contributed by atoms with Gasteiger partial charge in [0.2, 0.25) is 10.0 Å². The highest BCUT2D eigenvalue weighted by atomic mass is 32.2. The van der Waals surface area contributed by atoms with Crippen molar-refractivity contribution in [1.82, 2.24) is 10.3 Å². The van der Waals surface area contributed by atoms with E-state index in [4.69, 9.17) is 0 Å². The first-order valence-electron chi connectivity index (χ1n) is 5.56. The lowest BCUT2D eigenvalue weighted by molar-refractivity contribution is 0.582. The molecule has 1 aromatic heterocycles. The maximum Gasteiger partial charge on any atom is 0.234 e. The fraction of sp³-hybridized carbons (Fsp3) is 0.545. The monoisotopic (exact) mass is 257 g/mol. The fourth-order valence-corrected chi connectivity index (χ4v) is 2.33. The van der Waals surface area contributed by atoms with Crippen LogP contribution < -0.4 is 10.0 Å². The molecule has 96 valence electrons. The summed E-state index contributed by atoms with van der Waals surface area (Å²) in [5.74, 6) is 0.0551. The number of aryl methyl sites for hydroxylation is 1. The van der Waals surface area contributed by atoms with Gasteiger partial charge in [-0.2, -0.15) is 0 Å². The van der Waals surface area contributed by atoms with E-state index >= 15 is 0 Å². The third-order valence-electron chi connectivity index (χ3n) is 2.20. The highest BCUT2D eigenvalue weighted by Crippen LogP contribution is 2.12. The number of hydrogen-bond donors (Lipinski definition) is 2. The number of sulfonamides is 1. The summed E-state index contributed by atoms with van der Waals surface area (Å²) in [5, 5.41) is 3.07. The third-order valence-corrected chi connectivity index (χ3v) is 3.47. The molecule has 0 aliphatic rings. The maximum atomic E-state index is 11.8. The van der Waals surface area contributed by atoms with Crippen LogP contribution in [0.4, 0.5) is 5.69 Å². The Morgan fingerprint density at radius 2 is 2.12 bits per heavy atom. The van der Waals surface area contributed by atoms with Gasteiger partial charge in [0, 0.05) is 18.8 Å². The Morgan fingerprint density at radius 3 is 2.71 bits per heavy atom. The molecule has 1 aromatic rings. The molecular formula is C11H19N3O2S. The lowest BCUT2D eigenvalue weighted by atomic mass is 10.3. The van der Waals surface area contributed by atoms with Gasteiger partial charge < -0.3 is 5.32 Å². The van der Waals surface area contributed by atoms with Crippen LogP contribution in [0, 0.1) is 6.92 Å². The van der Waals surface area contributed by atoms with Crippen LogP contribution in [0.3, 0.4) is 0 Å². The molecule has 0 saturated heterocycles. The minimum absolute atomic E-state index is 0.0551. The van der Waals surface area contributed by atoms with Crippen LogP contribution in [-0.4, -0.2) is 31.7 Å². The van der Waals surface area contributed by atoms with Crippen molar-refractivity contribution in [2.75, 3.05) is 17.0 Å². The van der Waals surface area contributed by atoms with Crippen LogP contribution in [-0.2, 0) is 10.0 Å². The minimum Gasteiger partial charge on any atom is -0.313 e. The Morgan fingerprint density at radius 1 is 1.41 bits per heavy atom. The lowest BCUT2D eigenvalue weighted by Crippen LogP contribution is -2.31. The van der Waals surface area contributed by atoms with Gasteiger partial charge in [-0.05, 0) is 19.1 Å². The van der Waals surface area contributed by atoms with E-state index in [1.807, 2.05) is 13.8 Å². The molecule has 2 N–H and O–H groups in total. The molecule has 0 atom stereocenters. The Bertz CT molecular complexity index is 458. The normalized spacial score (nSPS) is 11.8. The van der Waals surface area contributed by atoms with Crippen molar-refractivity contribution in [3.8, 4) is 0 Å². The van der Waals surface area contributed by atoms with Crippen molar-refractivity contribution in [2.45, 2.75) is 26.8 Å². The van der Waals surface area contributed by atoms with Gasteiger partial charge in [0.15, 0.2) is 0 Å². The molecule has 0 aromatic carbocycles. The van der Waals surface area contributed by atoms with E-state index in [2.05, 4.69) is 15.0 Å². The van der Waals surface area contributed by atoms with Crippen LogP contribution in [0.2, 0.25) is 0 Å². The summed E-state index contributed by atoms with van der Waals surface area (Å²) in [5.41, 5.74) is 1.21. The topological polar surface area (TPSA) is 71.1 Å². The van der Waals surface area contributed by atoms with E-state index in [0.29, 0.717) is 17.9 Å². The average molecular weight is 257 g/mol. The molecule has 6 heteroatoms. The molecule has 0 aliphatic heterocycles. The summed E-state index contributed by atoms with van der Waals surface area (Å²) in [6.07, 6.45) is 1.63. The van der Waals surface area contributed by atoms with Crippen LogP contribution in [0.25, 0.3) is 0 Å². The molecule has 0 spiro atoms. The zero-order chi connectivity index (χ0) is 12.9. The van der Waals surface area contributed by atoms with Crippen LogP contribution in [0.5, 0.6) is 0 Å². The quantitative estimate of drug-likeness (QED) is 0.801. The zero-order valence-electron chi connectivity index (χ0n) is 10.4. The predicted molar refractivity (Wildman–Crippen MR) is 69.5 cm³/mol. The second kappa shape index (κ2) is 5.97. The third kappa shape index (κ3) is 5.14. The molecule has 0 saturated carbocycles. The number of aromatic nitrogens is 1. The number of anilines is 1. The van der Waals surface area contributed by atoms with Gasteiger partial charge in [-0.15, -0.1) is 0 Å². The lowest BCUT2D eigenvalue weighted by Gasteiger charge is -2.11. The van der Waals surface area contributed by atoms with Gasteiger partial charge in [-0.25, -0.2) is 8.42 Å². The van der Waals surface area contributed by atoms with E-state index in [1.165, 1.54) is 0 Å². The summed E-state index contributed by atoms with van der Waals surface area (Å²) in [6, 6.07) is 3.69. The van der Waals surface area contributed by atoms with Gasteiger partial charge in [0.05, 0.1) is 17.1 Å². The van der Waals surface area contributed by atoms with Crippen molar-refractivity contribution >= 4 is 15.7 Å². The van der Waals surface area contributed by atoms with Crippen LogP contribution in [0.1, 0.15) is 19.5 Å². The van der Waals surface area contributed by atoms with Crippen molar-refractivity contribution < 1.29 is 8.42 Å². The summed E-state index contributed by atoms with van der Waals surface area (Å²) >= 11 is 0. The minimum atomic E-state index is -3.31. The molecule has 1 rings (SSSR count). The van der Waals surface area contributed by atoms with Crippen molar-refractivity contribution in [1.29, 1.82) is 0 Å². The highest BCUT2D eigenvalue weighted by Gasteiger charge is 2.11. The number of nitrogens with zero attached hydrogens (tertiary/aromatic N) is 1. The van der Waals surface area contributed by atoms with E-state index in [1.54, 1.807) is 25.3 Å². The Labute approximate surface area is 103 Å². The SMILES string of the molecule is Cc1ncccc1NS(=O)(=O)CCNC(C)C. The molecule has 0 fully saturated rings. The van der Waals surface area contributed by atoms with Crippen molar-refractivity contribution in [2.24, 2.45) is 0 Å². The van der Waals surface area contributed by atoms with E-state index < -0.39 is 10.0 Å². The average Bonchev–Trinajstić information content (AvgIpc) is 2.20. The van der Waals surface area contributed by atoms with E-state index in [-0.39, 0.29) is 11.8 Å². The first kappa shape index (κ1) is 13.9. The molecule has 0 unspecified atom stereocenters. The standard InChI is InChI=1S/C11H19N3O2S/c1-9(2)12-7-8-17(15,16)14-11-5-4-6-13-10(11)3/h4-6,9,12,14H,7-8H2,1-3H3. The van der Waals surface area contributed by atoms with Gasteiger partial charge in [0.1, 0.15) is 0 Å². The molecule has 5 nitrogen and oxygen atoms in total. The van der Waals surface area contributed by atoms with Crippen molar-refractivity contribution in [3.63, 3.8) is 0 Å². The van der Waals surface area contributed by atoms with Gasteiger partial charge >= 0.3 is 0 Å². The second-order valence-corrected chi connectivity index (χ2v) is 6.01. The van der Waals surface area contributed by atoms with Gasteiger partial charge in [0.25, 0.3) is 0 Å². The Balaban J connectivity index is 2.58. The molecule has 0 aliphatic carbocycles. The highest BCUT2D eigenvalue weighted by molar-refractivity contribution is 7.92. The van der Waals surface area contributed by atoms with Crippen molar-refractivity contribution in [3.05, 3.63) is 24.0 Å².